The molecule has 2 aliphatic heterocycles. The monoisotopic (exact) mass is 468 g/mol. The Kier molecular flexibility index (Phi) is 5.61. The Morgan fingerprint density at radius 1 is 1.15 bits per heavy atom. The summed E-state index contributed by atoms with van der Waals surface area (Å²) in [6.07, 6.45) is 4.08. The number of nitrogens with one attached hydrogen (secondary N) is 1. The van der Waals surface area contributed by atoms with Crippen molar-refractivity contribution in [3.05, 3.63) is 35.3 Å². The second-order valence-corrected chi connectivity index (χ2v) is 9.38. The molecule has 1 aliphatic carbocycles. The number of nitrogens with zero attached hydrogens (tertiary/aromatic N) is 3. The van der Waals surface area contributed by atoms with Crippen molar-refractivity contribution in [3.8, 4) is 0 Å². The Morgan fingerprint density at radius 3 is 2.70 bits per heavy atom. The summed E-state index contributed by atoms with van der Waals surface area (Å²) in [6.45, 7) is 0.182. The van der Waals surface area contributed by atoms with Gasteiger partial charge < -0.3 is 10.1 Å². The zero-order chi connectivity index (χ0) is 23.0. The average molecular weight is 469 g/mol. The van der Waals surface area contributed by atoms with E-state index in [0.717, 1.165) is 19.3 Å². The number of carbonyl (C=O) groups excluding carboxylic acids is 4. The molecular weight excluding hydrogens is 444 g/mol. The molecule has 3 heterocycles. The predicted octanol–water partition coefficient (Wildman–Crippen LogP) is 2.65. The van der Waals surface area contributed by atoms with Crippen LogP contribution in [0.5, 0.6) is 0 Å². The van der Waals surface area contributed by atoms with Gasteiger partial charge in [0.2, 0.25) is 5.91 Å². The molecule has 3 aliphatic rings. The van der Waals surface area contributed by atoms with Gasteiger partial charge in [0, 0.05) is 18.3 Å². The van der Waals surface area contributed by atoms with Crippen LogP contribution in [0.1, 0.15) is 44.2 Å². The SMILES string of the molecule is O=C(Cc1csc(N2CCCC2=O)n1)OCC(=O)N1c2ccccc2NC(=O)C12CCCC2. The first-order chi connectivity index (χ1) is 16.0. The minimum absolute atomic E-state index is 0.0377. The maximum absolute atomic E-state index is 13.2. The van der Waals surface area contributed by atoms with E-state index in [-0.39, 0.29) is 18.2 Å². The molecule has 1 aromatic heterocycles. The first-order valence-corrected chi connectivity index (χ1v) is 12.0. The molecule has 2 aromatic rings. The number of rotatable bonds is 5. The summed E-state index contributed by atoms with van der Waals surface area (Å²) < 4.78 is 5.29. The minimum atomic E-state index is -0.941. The third kappa shape index (κ3) is 3.88. The van der Waals surface area contributed by atoms with E-state index in [9.17, 15) is 19.2 Å². The van der Waals surface area contributed by atoms with Crippen molar-refractivity contribution in [2.24, 2.45) is 0 Å². The minimum Gasteiger partial charge on any atom is -0.455 e. The molecule has 1 saturated heterocycles. The lowest BCUT2D eigenvalue weighted by molar-refractivity contribution is -0.147. The van der Waals surface area contributed by atoms with Gasteiger partial charge >= 0.3 is 5.97 Å². The fourth-order valence-electron chi connectivity index (χ4n) is 4.89. The molecule has 1 saturated carbocycles. The van der Waals surface area contributed by atoms with E-state index in [1.54, 1.807) is 28.5 Å². The lowest BCUT2D eigenvalue weighted by atomic mass is 9.90. The second kappa shape index (κ2) is 8.58. The summed E-state index contributed by atoms with van der Waals surface area (Å²) in [4.78, 5) is 58.1. The van der Waals surface area contributed by atoms with Gasteiger partial charge in [-0.1, -0.05) is 25.0 Å². The van der Waals surface area contributed by atoms with E-state index in [4.69, 9.17) is 4.74 Å². The third-order valence-electron chi connectivity index (χ3n) is 6.45. The molecular formula is C23H24N4O5S. The number of aromatic nitrogens is 1. The van der Waals surface area contributed by atoms with Crippen LogP contribution in [0.25, 0.3) is 0 Å². The van der Waals surface area contributed by atoms with Gasteiger partial charge in [0.15, 0.2) is 11.7 Å². The average Bonchev–Trinajstić information content (AvgIpc) is 3.55. The maximum Gasteiger partial charge on any atom is 0.312 e. The number of fused-ring (bicyclic) bond motifs is 1. The lowest BCUT2D eigenvalue weighted by Gasteiger charge is -2.44. The summed E-state index contributed by atoms with van der Waals surface area (Å²) in [6, 6.07) is 7.17. The highest BCUT2D eigenvalue weighted by molar-refractivity contribution is 7.14. The van der Waals surface area contributed by atoms with E-state index in [0.29, 0.717) is 48.0 Å². The Morgan fingerprint density at radius 2 is 1.94 bits per heavy atom. The van der Waals surface area contributed by atoms with Crippen LogP contribution >= 0.6 is 11.3 Å². The molecule has 0 atom stereocenters. The number of para-hydroxylation sites is 2. The standard InChI is InChI=1S/C23H24N4O5S/c28-18-8-5-11-26(18)22-24-15(14-33-22)12-20(30)32-13-19(29)27-17-7-2-1-6-16(17)25-21(31)23(27)9-3-4-10-23/h1-2,6-7,14H,3-5,8-13H2,(H,25,31). The number of anilines is 3. The summed E-state index contributed by atoms with van der Waals surface area (Å²) in [7, 11) is 0. The fourth-order valence-corrected chi connectivity index (χ4v) is 5.75. The number of amides is 3. The number of hydrogen-bond donors (Lipinski definition) is 1. The normalized spacial score (nSPS) is 19.0. The zero-order valence-corrected chi connectivity index (χ0v) is 18.9. The molecule has 172 valence electrons. The van der Waals surface area contributed by atoms with Crippen LogP contribution in [-0.2, 0) is 30.3 Å². The lowest BCUT2D eigenvalue weighted by Crippen LogP contribution is -2.61. The predicted molar refractivity (Wildman–Crippen MR) is 122 cm³/mol. The van der Waals surface area contributed by atoms with E-state index >= 15 is 0 Å². The molecule has 10 heteroatoms. The van der Waals surface area contributed by atoms with Crippen molar-refractivity contribution >= 4 is 51.5 Å². The van der Waals surface area contributed by atoms with Gasteiger partial charge in [0.25, 0.3) is 11.8 Å². The first kappa shape index (κ1) is 21.6. The largest absolute Gasteiger partial charge is 0.455 e. The Labute approximate surface area is 194 Å². The van der Waals surface area contributed by atoms with Gasteiger partial charge in [-0.15, -0.1) is 11.3 Å². The first-order valence-electron chi connectivity index (χ1n) is 11.1. The second-order valence-electron chi connectivity index (χ2n) is 8.55. The van der Waals surface area contributed by atoms with Crippen LogP contribution in [0.2, 0.25) is 0 Å². The molecule has 3 amide bonds. The highest BCUT2D eigenvalue weighted by Gasteiger charge is 2.52. The van der Waals surface area contributed by atoms with Gasteiger partial charge in [-0.05, 0) is 31.4 Å². The molecule has 33 heavy (non-hydrogen) atoms. The molecule has 1 spiro atoms. The van der Waals surface area contributed by atoms with E-state index < -0.39 is 24.0 Å². The van der Waals surface area contributed by atoms with Crippen LogP contribution in [0.15, 0.2) is 29.6 Å². The van der Waals surface area contributed by atoms with Crippen molar-refractivity contribution in [2.75, 3.05) is 28.3 Å². The molecule has 0 radical (unpaired) electrons. The highest BCUT2D eigenvalue weighted by Crippen LogP contribution is 2.45. The van der Waals surface area contributed by atoms with Crippen LogP contribution in [0.4, 0.5) is 16.5 Å². The number of thiazole rings is 1. The number of esters is 1. The number of carbonyl (C=O) groups is 4. The van der Waals surface area contributed by atoms with E-state index in [1.807, 2.05) is 6.07 Å². The Bertz CT molecular complexity index is 1120. The van der Waals surface area contributed by atoms with Crippen LogP contribution < -0.4 is 15.1 Å². The summed E-state index contributed by atoms with van der Waals surface area (Å²) in [5.41, 5.74) is 0.761. The van der Waals surface area contributed by atoms with Gasteiger partial charge in [0.1, 0.15) is 5.54 Å². The molecule has 9 nitrogen and oxygen atoms in total. The van der Waals surface area contributed by atoms with Crippen LogP contribution in [0.3, 0.4) is 0 Å². The fraction of sp³-hybridized carbons (Fsp3) is 0.435. The molecule has 1 N–H and O–H groups in total. The van der Waals surface area contributed by atoms with Crippen LogP contribution in [0, 0.1) is 0 Å². The van der Waals surface area contributed by atoms with Crippen molar-refractivity contribution < 1.29 is 23.9 Å². The topological polar surface area (TPSA) is 109 Å². The zero-order valence-electron chi connectivity index (χ0n) is 18.0. The quantitative estimate of drug-likeness (QED) is 0.676. The van der Waals surface area contributed by atoms with Crippen molar-refractivity contribution in [2.45, 2.75) is 50.5 Å². The summed E-state index contributed by atoms with van der Waals surface area (Å²) >= 11 is 1.31. The van der Waals surface area contributed by atoms with Crippen LogP contribution in [-0.4, -0.2) is 47.4 Å². The van der Waals surface area contributed by atoms with Gasteiger partial charge in [-0.2, -0.15) is 0 Å². The summed E-state index contributed by atoms with van der Waals surface area (Å²) in [5.74, 6) is -1.15. The van der Waals surface area contributed by atoms with E-state index in [2.05, 4.69) is 10.3 Å². The number of benzene rings is 1. The Hall–Kier alpha value is -3.27. The smallest absolute Gasteiger partial charge is 0.312 e. The van der Waals surface area contributed by atoms with Crippen molar-refractivity contribution in [1.29, 1.82) is 0 Å². The number of ether oxygens (including phenoxy) is 1. The summed E-state index contributed by atoms with van der Waals surface area (Å²) in [5, 5.41) is 5.23. The van der Waals surface area contributed by atoms with Crippen molar-refractivity contribution in [1.82, 2.24) is 4.98 Å². The molecule has 1 aromatic carbocycles. The van der Waals surface area contributed by atoms with Gasteiger partial charge in [-0.25, -0.2) is 4.98 Å². The molecule has 0 bridgehead atoms. The van der Waals surface area contributed by atoms with Crippen molar-refractivity contribution in [3.63, 3.8) is 0 Å². The Balaban J connectivity index is 1.26. The molecule has 2 fully saturated rings. The van der Waals surface area contributed by atoms with Gasteiger partial charge in [-0.3, -0.25) is 29.0 Å². The van der Waals surface area contributed by atoms with E-state index in [1.165, 1.54) is 16.2 Å². The molecule has 5 rings (SSSR count). The molecule has 0 unspecified atom stereocenters. The maximum atomic E-state index is 13.2. The third-order valence-corrected chi connectivity index (χ3v) is 7.36. The highest BCUT2D eigenvalue weighted by atomic mass is 32.1. The van der Waals surface area contributed by atoms with Gasteiger partial charge in [0.05, 0.1) is 23.5 Å². The number of hydrogen-bond acceptors (Lipinski definition) is 7.